The van der Waals surface area contributed by atoms with Gasteiger partial charge in [0.15, 0.2) is 0 Å². The summed E-state index contributed by atoms with van der Waals surface area (Å²) in [5.41, 5.74) is 4.05. The van der Waals surface area contributed by atoms with Gasteiger partial charge in [0, 0.05) is 23.0 Å². The number of nitrogens with two attached hydrogens (primary N) is 1. The van der Waals surface area contributed by atoms with Crippen LogP contribution in [-0.4, -0.2) is 52.6 Å². The van der Waals surface area contributed by atoms with Gasteiger partial charge >= 0.3 is 13.1 Å². The molecular weight excluding hydrogens is 430 g/mol. The molecule has 2 heterocycles. The number of rotatable bonds is 6. The third-order valence-corrected chi connectivity index (χ3v) is 6.35. The van der Waals surface area contributed by atoms with E-state index in [0.717, 1.165) is 0 Å². The molecule has 0 saturated carbocycles. The summed E-state index contributed by atoms with van der Waals surface area (Å²) >= 11 is 0. The first kappa shape index (κ1) is 25.2. The summed E-state index contributed by atoms with van der Waals surface area (Å²) in [7, 11) is -0.927. The summed E-state index contributed by atoms with van der Waals surface area (Å²) in [6, 6.07) is 1.90. The highest BCUT2D eigenvalue weighted by Crippen LogP contribution is 2.37. The Labute approximate surface area is 194 Å². The number of hydrogen-bond acceptors (Lipinski definition) is 6. The van der Waals surface area contributed by atoms with Gasteiger partial charge in [-0.1, -0.05) is 6.07 Å². The number of amides is 2. The van der Waals surface area contributed by atoms with Crippen molar-refractivity contribution in [2.24, 2.45) is 5.73 Å². The third kappa shape index (κ3) is 4.91. The van der Waals surface area contributed by atoms with Gasteiger partial charge in [-0.3, -0.25) is 14.4 Å². The fraction of sp³-hybridized carbons (Fsp3) is 0.609. The van der Waals surface area contributed by atoms with Crippen molar-refractivity contribution >= 4 is 30.4 Å². The molecule has 8 nitrogen and oxygen atoms in total. The van der Waals surface area contributed by atoms with E-state index in [1.54, 1.807) is 20.8 Å². The molecule has 0 radical (unpaired) electrons. The van der Waals surface area contributed by atoms with Gasteiger partial charge < -0.3 is 24.7 Å². The highest BCUT2D eigenvalue weighted by molar-refractivity contribution is 6.62. The topological polar surface area (TPSA) is 108 Å². The highest BCUT2D eigenvalue weighted by atomic mass is 19.1. The summed E-state index contributed by atoms with van der Waals surface area (Å²) in [4.78, 5) is 38.4. The Bertz CT molecular complexity index is 972. The number of hydrogen-bond donors (Lipinski definition) is 1. The monoisotopic (exact) mass is 462 g/mol. The molecule has 0 aliphatic carbocycles. The number of carbonyl (C=O) groups excluding carboxylic acids is 3. The van der Waals surface area contributed by atoms with Crippen LogP contribution in [0.1, 0.15) is 77.2 Å². The number of benzene rings is 1. The average Bonchev–Trinajstić information content (AvgIpc) is 3.07. The largest absolute Gasteiger partial charge is 0.497 e. The van der Waals surface area contributed by atoms with Crippen LogP contribution in [0.25, 0.3) is 0 Å². The molecule has 1 fully saturated rings. The number of halogens is 1. The standard InChI is InChI=1S/C23H32BFN2O6/c1-21(2,3)31-17(28)11-10-16(19(26)29)27-12-14-13(20(27)30)8-9-15(18(14)25)24-32-22(4,5)23(6,7)33-24/h8-9,16H,10-12H2,1-7H3,(H2,26,29)/t16-/m0/s1. The molecule has 2 amide bonds. The Hall–Kier alpha value is -2.46. The summed E-state index contributed by atoms with van der Waals surface area (Å²) in [6.07, 6.45) is -0.123. The molecule has 180 valence electrons. The van der Waals surface area contributed by atoms with E-state index in [0.29, 0.717) is 0 Å². The smallest absolute Gasteiger partial charge is 0.460 e. The first-order valence-electron chi connectivity index (χ1n) is 11.0. The van der Waals surface area contributed by atoms with Crippen LogP contribution in [0.15, 0.2) is 12.1 Å². The Kier molecular flexibility index (Phi) is 6.41. The molecule has 33 heavy (non-hydrogen) atoms. The number of esters is 1. The van der Waals surface area contributed by atoms with Crippen molar-refractivity contribution in [2.75, 3.05) is 0 Å². The van der Waals surface area contributed by atoms with E-state index in [1.165, 1.54) is 17.0 Å². The van der Waals surface area contributed by atoms with Gasteiger partial charge in [-0.2, -0.15) is 0 Å². The molecule has 10 heteroatoms. The van der Waals surface area contributed by atoms with Crippen LogP contribution in [0.3, 0.4) is 0 Å². The van der Waals surface area contributed by atoms with E-state index >= 15 is 4.39 Å². The molecule has 0 spiro atoms. The predicted octanol–water partition coefficient (Wildman–Crippen LogP) is 2.06. The predicted molar refractivity (Wildman–Crippen MR) is 120 cm³/mol. The van der Waals surface area contributed by atoms with Crippen molar-refractivity contribution in [2.45, 2.75) is 90.7 Å². The lowest BCUT2D eigenvalue weighted by molar-refractivity contribution is -0.155. The molecule has 3 rings (SSSR count). The van der Waals surface area contributed by atoms with Gasteiger partial charge in [-0.05, 0) is 61.0 Å². The molecule has 2 aliphatic heterocycles. The van der Waals surface area contributed by atoms with Gasteiger partial charge in [0.2, 0.25) is 5.91 Å². The van der Waals surface area contributed by atoms with Gasteiger partial charge in [-0.25, -0.2) is 4.39 Å². The van der Waals surface area contributed by atoms with E-state index in [9.17, 15) is 14.4 Å². The van der Waals surface area contributed by atoms with Crippen LogP contribution >= 0.6 is 0 Å². The second kappa shape index (κ2) is 8.40. The lowest BCUT2D eigenvalue weighted by atomic mass is 9.77. The molecule has 1 saturated heterocycles. The van der Waals surface area contributed by atoms with Crippen molar-refractivity contribution in [3.05, 3.63) is 29.1 Å². The molecule has 0 bridgehead atoms. The van der Waals surface area contributed by atoms with Crippen LogP contribution in [-0.2, 0) is 30.2 Å². The van der Waals surface area contributed by atoms with Crippen molar-refractivity contribution in [3.8, 4) is 0 Å². The quantitative estimate of drug-likeness (QED) is 0.512. The maximum absolute atomic E-state index is 15.5. The van der Waals surface area contributed by atoms with Gasteiger partial charge in [0.05, 0.1) is 17.7 Å². The van der Waals surface area contributed by atoms with Crippen molar-refractivity contribution in [3.63, 3.8) is 0 Å². The fourth-order valence-electron chi connectivity index (χ4n) is 3.89. The van der Waals surface area contributed by atoms with E-state index in [1.807, 2.05) is 27.7 Å². The number of fused-ring (bicyclic) bond motifs is 1. The first-order valence-corrected chi connectivity index (χ1v) is 11.0. The first-order chi connectivity index (χ1) is 15.0. The third-order valence-electron chi connectivity index (χ3n) is 6.35. The zero-order chi connectivity index (χ0) is 24.9. The van der Waals surface area contributed by atoms with Crippen LogP contribution in [0.5, 0.6) is 0 Å². The van der Waals surface area contributed by atoms with Crippen molar-refractivity contribution in [1.82, 2.24) is 4.90 Å². The van der Waals surface area contributed by atoms with Gasteiger partial charge in [-0.15, -0.1) is 0 Å². The zero-order valence-corrected chi connectivity index (χ0v) is 20.3. The Morgan fingerprint density at radius 2 is 1.79 bits per heavy atom. The molecule has 0 unspecified atom stereocenters. The number of ether oxygens (including phenoxy) is 1. The minimum absolute atomic E-state index is 0.0182. The fourth-order valence-corrected chi connectivity index (χ4v) is 3.89. The van der Waals surface area contributed by atoms with E-state index in [2.05, 4.69) is 0 Å². The Morgan fingerprint density at radius 3 is 2.30 bits per heavy atom. The highest BCUT2D eigenvalue weighted by Gasteiger charge is 2.53. The maximum atomic E-state index is 15.5. The maximum Gasteiger partial charge on any atom is 0.497 e. The van der Waals surface area contributed by atoms with Crippen LogP contribution in [0, 0.1) is 5.82 Å². The number of nitrogens with zero attached hydrogens (tertiary/aromatic N) is 1. The number of carbonyl (C=O) groups is 3. The molecule has 1 aromatic rings. The van der Waals surface area contributed by atoms with Crippen molar-refractivity contribution < 1.29 is 32.8 Å². The minimum atomic E-state index is -1.07. The van der Waals surface area contributed by atoms with Crippen molar-refractivity contribution in [1.29, 1.82) is 0 Å². The Balaban J connectivity index is 1.81. The molecule has 1 aromatic carbocycles. The molecule has 0 aromatic heterocycles. The number of primary amides is 1. The second-order valence-corrected chi connectivity index (χ2v) is 10.6. The van der Waals surface area contributed by atoms with E-state index in [4.69, 9.17) is 19.8 Å². The normalized spacial score (nSPS) is 20.1. The second-order valence-electron chi connectivity index (χ2n) is 10.6. The summed E-state index contributed by atoms with van der Waals surface area (Å²) in [6.45, 7) is 12.5. The van der Waals surface area contributed by atoms with Crippen LogP contribution < -0.4 is 11.2 Å². The molecule has 2 aliphatic rings. The van der Waals surface area contributed by atoms with Crippen LogP contribution in [0.2, 0.25) is 0 Å². The van der Waals surface area contributed by atoms with Gasteiger partial charge in [0.1, 0.15) is 17.5 Å². The molecule has 1 atom stereocenters. The average molecular weight is 462 g/mol. The Morgan fingerprint density at radius 1 is 1.21 bits per heavy atom. The van der Waals surface area contributed by atoms with E-state index in [-0.39, 0.29) is 36.0 Å². The zero-order valence-electron chi connectivity index (χ0n) is 20.3. The SMILES string of the molecule is CC(C)(C)OC(=O)CC[C@@H](C(N)=O)N1Cc2c(ccc(B3OC(C)(C)C(C)(C)O3)c2F)C1=O. The summed E-state index contributed by atoms with van der Waals surface area (Å²) in [5.74, 6) is -2.41. The van der Waals surface area contributed by atoms with Gasteiger partial charge in [0.25, 0.3) is 5.91 Å². The summed E-state index contributed by atoms with van der Waals surface area (Å²) < 4.78 is 32.7. The summed E-state index contributed by atoms with van der Waals surface area (Å²) in [5, 5.41) is 0. The molecular formula is C23H32BFN2O6. The minimum Gasteiger partial charge on any atom is -0.460 e. The lowest BCUT2D eigenvalue weighted by Crippen LogP contribution is -2.45. The lowest BCUT2D eigenvalue weighted by Gasteiger charge is -2.32. The molecule has 2 N–H and O–H groups in total. The van der Waals surface area contributed by atoms with E-state index < -0.39 is 53.6 Å². The van der Waals surface area contributed by atoms with Crippen LogP contribution in [0.4, 0.5) is 4.39 Å².